The number of rotatable bonds is 4. The Balaban J connectivity index is 2.45. The summed E-state index contributed by atoms with van der Waals surface area (Å²) in [6.45, 7) is 3.70. The topological polar surface area (TPSA) is 35.5 Å². The summed E-state index contributed by atoms with van der Waals surface area (Å²) < 4.78 is 9.48. The molecular weight excluding hydrogens is 192 g/mol. The minimum Gasteiger partial charge on any atom is -0.437 e. The highest BCUT2D eigenvalue weighted by Gasteiger charge is 2.16. The molecule has 0 saturated heterocycles. The SMILES string of the molecule is C=CCC[C@@H]1C=C(OC(=O)OC)CCC1. The summed E-state index contributed by atoms with van der Waals surface area (Å²) in [6, 6.07) is 0. The molecule has 0 saturated carbocycles. The third-order valence-corrected chi connectivity index (χ3v) is 2.54. The Morgan fingerprint density at radius 2 is 2.53 bits per heavy atom. The molecule has 0 radical (unpaired) electrons. The number of hydrogen-bond donors (Lipinski definition) is 0. The quantitative estimate of drug-likeness (QED) is 0.527. The molecule has 1 aliphatic carbocycles. The van der Waals surface area contributed by atoms with Gasteiger partial charge in [-0.05, 0) is 37.7 Å². The van der Waals surface area contributed by atoms with Crippen molar-refractivity contribution >= 4 is 6.16 Å². The van der Waals surface area contributed by atoms with Gasteiger partial charge in [-0.15, -0.1) is 6.58 Å². The van der Waals surface area contributed by atoms with Gasteiger partial charge in [-0.1, -0.05) is 6.08 Å². The maximum Gasteiger partial charge on any atom is 0.513 e. The first kappa shape index (κ1) is 11.8. The van der Waals surface area contributed by atoms with E-state index in [9.17, 15) is 4.79 Å². The normalized spacial score (nSPS) is 20.3. The van der Waals surface area contributed by atoms with Crippen molar-refractivity contribution in [3.05, 3.63) is 24.5 Å². The van der Waals surface area contributed by atoms with Gasteiger partial charge < -0.3 is 9.47 Å². The van der Waals surface area contributed by atoms with E-state index in [0.29, 0.717) is 5.92 Å². The molecule has 3 heteroatoms. The van der Waals surface area contributed by atoms with E-state index in [2.05, 4.69) is 11.3 Å². The average Bonchev–Trinajstić information content (AvgIpc) is 2.26. The van der Waals surface area contributed by atoms with Crippen LogP contribution in [0.4, 0.5) is 4.79 Å². The number of hydrogen-bond acceptors (Lipinski definition) is 3. The van der Waals surface area contributed by atoms with Crippen LogP contribution in [-0.2, 0) is 9.47 Å². The molecule has 0 aliphatic heterocycles. The molecule has 0 unspecified atom stereocenters. The lowest BCUT2D eigenvalue weighted by molar-refractivity contribution is 0.0924. The van der Waals surface area contributed by atoms with E-state index in [4.69, 9.17) is 4.74 Å². The van der Waals surface area contributed by atoms with Gasteiger partial charge in [0.15, 0.2) is 0 Å². The Morgan fingerprint density at radius 3 is 3.20 bits per heavy atom. The van der Waals surface area contributed by atoms with Crippen molar-refractivity contribution in [1.29, 1.82) is 0 Å². The summed E-state index contributed by atoms with van der Waals surface area (Å²) >= 11 is 0. The maximum absolute atomic E-state index is 10.9. The molecule has 15 heavy (non-hydrogen) atoms. The molecule has 0 amide bonds. The molecule has 0 N–H and O–H groups in total. The van der Waals surface area contributed by atoms with Gasteiger partial charge in [-0.2, -0.15) is 0 Å². The van der Waals surface area contributed by atoms with E-state index in [1.165, 1.54) is 13.5 Å². The van der Waals surface area contributed by atoms with Crippen LogP contribution in [0.25, 0.3) is 0 Å². The zero-order chi connectivity index (χ0) is 11.1. The number of ether oxygens (including phenoxy) is 2. The Kier molecular flexibility index (Phi) is 4.95. The van der Waals surface area contributed by atoms with Crippen LogP contribution in [-0.4, -0.2) is 13.3 Å². The highest BCUT2D eigenvalue weighted by molar-refractivity contribution is 5.61. The van der Waals surface area contributed by atoms with Crippen molar-refractivity contribution in [3.63, 3.8) is 0 Å². The molecule has 1 aliphatic rings. The van der Waals surface area contributed by atoms with Gasteiger partial charge in [0.05, 0.1) is 7.11 Å². The van der Waals surface area contributed by atoms with E-state index in [1.54, 1.807) is 0 Å². The van der Waals surface area contributed by atoms with Crippen LogP contribution in [0, 0.1) is 5.92 Å². The van der Waals surface area contributed by atoms with Gasteiger partial charge >= 0.3 is 6.16 Å². The van der Waals surface area contributed by atoms with Crippen molar-refractivity contribution in [3.8, 4) is 0 Å². The molecule has 0 fully saturated rings. The predicted octanol–water partition coefficient (Wildman–Crippen LogP) is 3.42. The van der Waals surface area contributed by atoms with Gasteiger partial charge in [-0.3, -0.25) is 0 Å². The Bertz CT molecular complexity index is 256. The lowest BCUT2D eigenvalue weighted by Gasteiger charge is -2.19. The van der Waals surface area contributed by atoms with E-state index < -0.39 is 6.16 Å². The fourth-order valence-electron chi connectivity index (χ4n) is 1.76. The Morgan fingerprint density at radius 1 is 1.73 bits per heavy atom. The number of methoxy groups -OCH3 is 1. The largest absolute Gasteiger partial charge is 0.513 e. The number of carbonyl (C=O) groups is 1. The number of carbonyl (C=O) groups excluding carboxylic acids is 1. The van der Waals surface area contributed by atoms with Crippen LogP contribution in [0.2, 0.25) is 0 Å². The molecule has 1 atom stereocenters. The lowest BCUT2D eigenvalue weighted by atomic mass is 9.91. The average molecular weight is 210 g/mol. The Labute approximate surface area is 90.8 Å². The van der Waals surface area contributed by atoms with Crippen LogP contribution in [0.3, 0.4) is 0 Å². The third-order valence-electron chi connectivity index (χ3n) is 2.54. The summed E-state index contributed by atoms with van der Waals surface area (Å²) in [5.74, 6) is 1.26. The smallest absolute Gasteiger partial charge is 0.437 e. The monoisotopic (exact) mass is 210 g/mol. The Hall–Kier alpha value is -1.25. The second-order valence-corrected chi connectivity index (χ2v) is 3.71. The first-order valence-electron chi connectivity index (χ1n) is 5.33. The molecule has 0 bridgehead atoms. The van der Waals surface area contributed by atoms with Crippen molar-refractivity contribution in [2.45, 2.75) is 32.1 Å². The minimum absolute atomic E-state index is 0.511. The van der Waals surface area contributed by atoms with Gasteiger partial charge in [0.25, 0.3) is 0 Å². The fourth-order valence-corrected chi connectivity index (χ4v) is 1.76. The van der Waals surface area contributed by atoms with Crippen LogP contribution < -0.4 is 0 Å². The molecule has 1 rings (SSSR count). The molecule has 0 aromatic rings. The summed E-state index contributed by atoms with van der Waals surface area (Å²) in [7, 11) is 1.32. The standard InChI is InChI=1S/C12H18O3/c1-3-4-6-10-7-5-8-11(9-10)15-12(13)14-2/h3,9-10H,1,4-8H2,2H3/t10-/m0/s1. The van der Waals surface area contributed by atoms with Crippen molar-refractivity contribution in [2.75, 3.05) is 7.11 Å². The molecule has 0 spiro atoms. The van der Waals surface area contributed by atoms with Crippen molar-refractivity contribution in [2.24, 2.45) is 5.92 Å². The van der Waals surface area contributed by atoms with E-state index >= 15 is 0 Å². The van der Waals surface area contributed by atoms with E-state index in [0.717, 1.165) is 31.4 Å². The van der Waals surface area contributed by atoms with Gasteiger partial charge in [0.2, 0.25) is 0 Å². The van der Waals surface area contributed by atoms with Gasteiger partial charge in [-0.25, -0.2) is 4.79 Å². The first-order chi connectivity index (χ1) is 7.26. The lowest BCUT2D eigenvalue weighted by Crippen LogP contribution is -2.10. The molecule has 0 aromatic heterocycles. The third kappa shape index (κ3) is 4.19. The second-order valence-electron chi connectivity index (χ2n) is 3.71. The fraction of sp³-hybridized carbons (Fsp3) is 0.583. The van der Waals surface area contributed by atoms with Crippen molar-refractivity contribution < 1.29 is 14.3 Å². The summed E-state index contributed by atoms with van der Waals surface area (Å²) in [4.78, 5) is 10.9. The maximum atomic E-state index is 10.9. The molecule has 3 nitrogen and oxygen atoms in total. The zero-order valence-electron chi connectivity index (χ0n) is 9.20. The van der Waals surface area contributed by atoms with E-state index in [1.807, 2.05) is 12.2 Å². The summed E-state index contributed by atoms with van der Waals surface area (Å²) in [5, 5.41) is 0. The van der Waals surface area contributed by atoms with Crippen LogP contribution in [0.5, 0.6) is 0 Å². The van der Waals surface area contributed by atoms with Crippen LogP contribution in [0.1, 0.15) is 32.1 Å². The van der Waals surface area contributed by atoms with Gasteiger partial charge in [0.1, 0.15) is 5.76 Å². The van der Waals surface area contributed by atoms with E-state index in [-0.39, 0.29) is 0 Å². The predicted molar refractivity (Wildman–Crippen MR) is 58.3 cm³/mol. The highest BCUT2D eigenvalue weighted by Crippen LogP contribution is 2.27. The van der Waals surface area contributed by atoms with Gasteiger partial charge in [0, 0.05) is 6.42 Å². The summed E-state index contributed by atoms with van der Waals surface area (Å²) in [5.41, 5.74) is 0. The second kappa shape index (κ2) is 6.27. The van der Waals surface area contributed by atoms with Crippen molar-refractivity contribution in [1.82, 2.24) is 0 Å². The zero-order valence-corrected chi connectivity index (χ0v) is 9.20. The van der Waals surface area contributed by atoms with Crippen LogP contribution >= 0.6 is 0 Å². The molecule has 0 aromatic carbocycles. The first-order valence-corrected chi connectivity index (χ1v) is 5.33. The molecule has 84 valence electrons. The van der Waals surface area contributed by atoms with Crippen LogP contribution in [0.15, 0.2) is 24.5 Å². The molecular formula is C12H18O3. The molecule has 0 heterocycles. The highest BCUT2D eigenvalue weighted by atomic mass is 16.7. The minimum atomic E-state index is -0.620. The summed E-state index contributed by atoms with van der Waals surface area (Å²) in [6.07, 6.45) is 8.51. The number of allylic oxidation sites excluding steroid dienone is 3.